The second-order valence-electron chi connectivity index (χ2n) is 15.7. The van der Waals surface area contributed by atoms with Crippen LogP contribution in [-0.2, 0) is 28.8 Å². The van der Waals surface area contributed by atoms with Crippen molar-refractivity contribution in [1.82, 2.24) is 0 Å². The van der Waals surface area contributed by atoms with Gasteiger partial charge in [0.15, 0.2) is 0 Å². The zero-order valence-corrected chi connectivity index (χ0v) is 37.7. The molecule has 0 spiro atoms. The average molecular weight is 813 g/mol. The van der Waals surface area contributed by atoms with E-state index in [1.165, 1.54) is 96.8 Å². The van der Waals surface area contributed by atoms with Crippen LogP contribution >= 0.6 is 0 Å². The fourth-order valence-electron chi connectivity index (χ4n) is 7.86. The SMILES string of the molecule is CC1=[C-]C2=CC3=C(CCC3)C(c3cc(C)cc(C)c3)C2=C1.COc1c(C(C)(C)C)cc2[cH-]c(C)cc2c1-c1cc(C)cc(C)c1.C[Si](C)=[Zr+2].[Cl-].[Cl-]. The molecule has 268 valence electrons. The van der Waals surface area contributed by atoms with Gasteiger partial charge in [0.2, 0.25) is 0 Å². The number of hydrogen-bond donors (Lipinski definition) is 0. The molecule has 1 unspecified atom stereocenters. The monoisotopic (exact) mass is 810 g/mol. The largest absolute Gasteiger partial charge is 1.00 e. The molecule has 0 fully saturated rings. The third kappa shape index (κ3) is 10.0. The molecule has 1 atom stereocenters. The zero-order valence-electron chi connectivity index (χ0n) is 32.7. The summed E-state index contributed by atoms with van der Waals surface area (Å²) in [5.41, 5.74) is 19.3. The first-order chi connectivity index (χ1) is 23.0. The van der Waals surface area contributed by atoms with Crippen molar-refractivity contribution in [3.05, 3.63) is 140 Å². The van der Waals surface area contributed by atoms with Gasteiger partial charge in [0.05, 0.1) is 7.11 Å². The molecule has 0 aromatic heterocycles. The fraction of sp³-hybridized carbons (Fsp3) is 0.370. The Kier molecular flexibility index (Phi) is 15.0. The van der Waals surface area contributed by atoms with Crippen molar-refractivity contribution in [2.75, 3.05) is 7.11 Å². The predicted molar refractivity (Wildman–Crippen MR) is 210 cm³/mol. The summed E-state index contributed by atoms with van der Waals surface area (Å²) in [4.78, 5) is 0. The van der Waals surface area contributed by atoms with Crippen LogP contribution < -0.4 is 29.6 Å². The van der Waals surface area contributed by atoms with E-state index in [1.54, 1.807) is 41.6 Å². The van der Waals surface area contributed by atoms with Crippen LogP contribution in [-0.4, -0.2) is 12.5 Å². The first kappa shape index (κ1) is 43.1. The third-order valence-corrected chi connectivity index (χ3v) is 9.50. The molecule has 0 aliphatic heterocycles. The van der Waals surface area contributed by atoms with Gasteiger partial charge in [-0.05, 0) is 80.5 Å². The Morgan fingerprint density at radius 1 is 0.804 bits per heavy atom. The average Bonchev–Trinajstić information content (AvgIpc) is 3.69. The quantitative estimate of drug-likeness (QED) is 0.165. The van der Waals surface area contributed by atoms with Crippen LogP contribution in [0.1, 0.15) is 91.8 Å². The first-order valence-corrected chi connectivity index (χ1v) is 24.0. The molecule has 0 saturated carbocycles. The van der Waals surface area contributed by atoms with E-state index in [9.17, 15) is 0 Å². The topological polar surface area (TPSA) is 9.23 Å². The molecule has 0 N–H and O–H groups in total. The predicted octanol–water partition coefficient (Wildman–Crippen LogP) is 6.75. The second kappa shape index (κ2) is 17.7. The molecule has 0 heterocycles. The molecule has 51 heavy (non-hydrogen) atoms. The van der Waals surface area contributed by atoms with Crippen LogP contribution in [0.5, 0.6) is 5.75 Å². The van der Waals surface area contributed by atoms with Crippen LogP contribution in [0.25, 0.3) is 21.9 Å². The van der Waals surface area contributed by atoms with Gasteiger partial charge in [-0.1, -0.05) is 104 Å². The Morgan fingerprint density at radius 2 is 1.37 bits per heavy atom. The molecule has 0 bridgehead atoms. The minimum absolute atomic E-state index is 0. The Balaban J connectivity index is 0.000000242. The number of hydrogen-bond acceptors (Lipinski definition) is 1. The third-order valence-electron chi connectivity index (χ3n) is 9.50. The van der Waals surface area contributed by atoms with Crippen LogP contribution in [0.4, 0.5) is 0 Å². The summed E-state index contributed by atoms with van der Waals surface area (Å²) in [7, 11) is 1.79. The molecule has 4 aromatic carbocycles. The van der Waals surface area contributed by atoms with E-state index < -0.39 is 0 Å². The molecule has 3 aliphatic carbocycles. The first-order valence-electron chi connectivity index (χ1n) is 17.8. The van der Waals surface area contributed by atoms with E-state index in [4.69, 9.17) is 4.74 Å². The van der Waals surface area contributed by atoms with Gasteiger partial charge < -0.3 is 29.6 Å². The van der Waals surface area contributed by atoms with Crippen molar-refractivity contribution in [2.45, 2.75) is 106 Å². The maximum Gasteiger partial charge on any atom is -1.00 e. The van der Waals surface area contributed by atoms with Crippen molar-refractivity contribution in [3.8, 4) is 16.9 Å². The van der Waals surface area contributed by atoms with Crippen molar-refractivity contribution in [2.24, 2.45) is 0 Å². The summed E-state index contributed by atoms with van der Waals surface area (Å²) in [5, 5.41) is 2.58. The van der Waals surface area contributed by atoms with E-state index in [2.05, 4.69) is 148 Å². The minimum Gasteiger partial charge on any atom is -1.00 e. The van der Waals surface area contributed by atoms with E-state index in [0.29, 0.717) is 5.92 Å². The van der Waals surface area contributed by atoms with Crippen LogP contribution in [0.15, 0.2) is 94.6 Å². The molecular weight excluding hydrogens is 759 g/mol. The fourth-order valence-corrected chi connectivity index (χ4v) is 7.86. The Morgan fingerprint density at radius 3 is 1.92 bits per heavy atom. The summed E-state index contributed by atoms with van der Waals surface area (Å²) < 4.78 is 5.95. The zero-order chi connectivity index (χ0) is 35.8. The molecular formula is C46H54Cl2OSiZr-2. The summed E-state index contributed by atoms with van der Waals surface area (Å²) in [6, 6.07) is 20.6. The van der Waals surface area contributed by atoms with E-state index >= 15 is 0 Å². The number of ether oxygens (including phenoxy) is 1. The number of benzene rings is 3. The van der Waals surface area contributed by atoms with Gasteiger partial charge in [0, 0.05) is 0 Å². The Labute approximate surface area is 336 Å². The van der Waals surface area contributed by atoms with Crippen molar-refractivity contribution in [1.29, 1.82) is 0 Å². The minimum atomic E-state index is 0. The van der Waals surface area contributed by atoms with Crippen molar-refractivity contribution >= 4 is 16.2 Å². The van der Waals surface area contributed by atoms with Crippen LogP contribution in [0.2, 0.25) is 13.1 Å². The van der Waals surface area contributed by atoms with Gasteiger partial charge in [0.1, 0.15) is 5.75 Å². The molecule has 3 aliphatic rings. The van der Waals surface area contributed by atoms with Gasteiger partial charge in [-0.3, -0.25) is 0 Å². The number of halogens is 2. The molecule has 0 saturated heterocycles. The van der Waals surface area contributed by atoms with Gasteiger partial charge in [0.25, 0.3) is 0 Å². The maximum absolute atomic E-state index is 5.95. The molecule has 7 rings (SSSR count). The van der Waals surface area contributed by atoms with Gasteiger partial charge in [-0.15, -0.1) is 46.2 Å². The van der Waals surface area contributed by atoms with E-state index in [-0.39, 0.29) is 35.7 Å². The summed E-state index contributed by atoms with van der Waals surface area (Å²) in [6.45, 7) is 24.4. The smallest absolute Gasteiger partial charge is 1.00 e. The second-order valence-corrected chi connectivity index (χ2v) is 25.1. The number of fused-ring (bicyclic) bond motifs is 2. The number of aryl methyl sites for hydroxylation is 5. The van der Waals surface area contributed by atoms with Crippen molar-refractivity contribution < 1.29 is 52.9 Å². The van der Waals surface area contributed by atoms with Crippen LogP contribution in [0, 0.1) is 40.7 Å². The standard InChI is InChI=1S/C23H27O.C21H21.C2H6Si.2ClH.Zr/c1-14-8-15(2)11-18(10-14)21-19-12-16(3)9-17(19)13-20(22(21)24-7)23(4,5)6;1-13-7-14(2)10-18(9-13)21-19-6-4-5-16(19)12-17-8-15(3)11-20(17)21;1-3-2;;;/h8-13H,1-7H3;7,9-12,21H,4-6H2,1-3H3;1-2H3;2*1H;/q2*-1;;;;+2/p-2. The summed E-state index contributed by atoms with van der Waals surface area (Å²) in [5.74, 6) is 1.47. The van der Waals surface area contributed by atoms with Crippen molar-refractivity contribution in [3.63, 3.8) is 0 Å². The maximum atomic E-state index is 5.95. The molecule has 1 nitrogen and oxygen atoms in total. The van der Waals surface area contributed by atoms with E-state index in [0.717, 1.165) is 5.75 Å². The molecule has 5 heteroatoms. The Bertz CT molecular complexity index is 2020. The normalized spacial score (nSPS) is 15.9. The molecule has 0 radical (unpaired) electrons. The molecule has 0 amide bonds. The number of methoxy groups -OCH3 is 1. The van der Waals surface area contributed by atoms with Gasteiger partial charge in [-0.25, -0.2) is 0 Å². The van der Waals surface area contributed by atoms with Crippen LogP contribution in [0.3, 0.4) is 0 Å². The van der Waals surface area contributed by atoms with Gasteiger partial charge in [-0.2, -0.15) is 23.3 Å². The summed E-state index contributed by atoms with van der Waals surface area (Å²) in [6.07, 6.45) is 12.1. The van der Waals surface area contributed by atoms with E-state index in [1.807, 2.05) is 0 Å². The Hall–Kier alpha value is -2.29. The molecule has 4 aromatic rings. The number of rotatable bonds is 3. The number of allylic oxidation sites excluding steroid dienone is 8. The van der Waals surface area contributed by atoms with Gasteiger partial charge >= 0.3 is 41.9 Å². The summed E-state index contributed by atoms with van der Waals surface area (Å²) >= 11 is 1.74.